The minimum Gasteiger partial charge on any atom is -0.352 e. The molecule has 0 aliphatic rings. The highest BCUT2D eigenvalue weighted by molar-refractivity contribution is 7.92. The predicted octanol–water partition coefficient (Wildman–Crippen LogP) is 7.40. The molecule has 45 heavy (non-hydrogen) atoms. The maximum absolute atomic E-state index is 14.5. The number of carbonyl (C=O) groups excluding carboxylic acids is 2. The second-order valence-corrected chi connectivity index (χ2v) is 13.7. The second kappa shape index (κ2) is 15.6. The molecule has 4 rings (SSSR count). The molecule has 2 atom stereocenters. The SMILES string of the molecule is CCC(C)NC(=O)C(Cc1ccccc1)N(Cc1ccc(Cl)cc1Cl)C(=O)CN(c1ccccc1)S(=O)(=O)c1ccc(Cl)cc1. The van der Waals surface area contributed by atoms with Crippen LogP contribution in [0.3, 0.4) is 0 Å². The molecule has 4 aromatic rings. The summed E-state index contributed by atoms with van der Waals surface area (Å²) in [4.78, 5) is 29.7. The van der Waals surface area contributed by atoms with E-state index in [1.54, 1.807) is 48.5 Å². The Balaban J connectivity index is 1.81. The van der Waals surface area contributed by atoms with Crippen molar-refractivity contribution < 1.29 is 18.0 Å². The minimum absolute atomic E-state index is 0.0359. The van der Waals surface area contributed by atoms with Crippen molar-refractivity contribution in [2.24, 2.45) is 0 Å². The average molecular weight is 687 g/mol. The van der Waals surface area contributed by atoms with Crippen molar-refractivity contribution >= 4 is 62.3 Å². The van der Waals surface area contributed by atoms with E-state index in [1.807, 2.05) is 44.2 Å². The molecule has 0 saturated heterocycles. The van der Waals surface area contributed by atoms with E-state index in [0.717, 1.165) is 9.87 Å². The molecule has 0 aliphatic heterocycles. The van der Waals surface area contributed by atoms with E-state index < -0.39 is 28.5 Å². The number of hydrogen-bond acceptors (Lipinski definition) is 4. The fourth-order valence-electron chi connectivity index (χ4n) is 4.69. The molecule has 0 aromatic heterocycles. The molecule has 0 bridgehead atoms. The highest BCUT2D eigenvalue weighted by atomic mass is 35.5. The average Bonchev–Trinajstić information content (AvgIpc) is 3.03. The summed E-state index contributed by atoms with van der Waals surface area (Å²) >= 11 is 18.7. The first-order chi connectivity index (χ1) is 21.5. The van der Waals surface area contributed by atoms with E-state index >= 15 is 0 Å². The van der Waals surface area contributed by atoms with E-state index in [1.165, 1.54) is 29.2 Å². The van der Waals surface area contributed by atoms with Crippen molar-refractivity contribution in [1.82, 2.24) is 10.2 Å². The van der Waals surface area contributed by atoms with Crippen molar-refractivity contribution in [1.29, 1.82) is 0 Å². The molecule has 11 heteroatoms. The summed E-state index contributed by atoms with van der Waals surface area (Å²) < 4.78 is 29.1. The molecule has 0 heterocycles. The lowest BCUT2D eigenvalue weighted by Gasteiger charge is -2.34. The van der Waals surface area contributed by atoms with Gasteiger partial charge in [0, 0.05) is 34.1 Å². The van der Waals surface area contributed by atoms with Gasteiger partial charge in [0.2, 0.25) is 11.8 Å². The zero-order chi connectivity index (χ0) is 32.6. The summed E-state index contributed by atoms with van der Waals surface area (Å²) in [5, 5.41) is 4.12. The van der Waals surface area contributed by atoms with Crippen LogP contribution < -0.4 is 9.62 Å². The Labute approximate surface area is 279 Å². The van der Waals surface area contributed by atoms with Gasteiger partial charge in [-0.1, -0.05) is 96.3 Å². The van der Waals surface area contributed by atoms with Crippen molar-refractivity contribution in [2.75, 3.05) is 10.8 Å². The molecule has 236 valence electrons. The summed E-state index contributed by atoms with van der Waals surface area (Å²) in [5.74, 6) is -0.957. The molecule has 0 aliphatic carbocycles. The third-order valence-corrected chi connectivity index (χ3v) is 9.98. The lowest BCUT2D eigenvalue weighted by atomic mass is 10.0. The minimum atomic E-state index is -4.23. The third-order valence-electron chi connectivity index (χ3n) is 7.35. The van der Waals surface area contributed by atoms with Crippen LogP contribution in [0.25, 0.3) is 0 Å². The molecule has 2 amide bonds. The van der Waals surface area contributed by atoms with Crippen molar-refractivity contribution in [3.63, 3.8) is 0 Å². The molecule has 4 aromatic carbocycles. The van der Waals surface area contributed by atoms with Crippen LogP contribution in [0, 0.1) is 0 Å². The van der Waals surface area contributed by atoms with E-state index in [9.17, 15) is 18.0 Å². The van der Waals surface area contributed by atoms with Crippen LogP contribution in [-0.2, 0) is 32.6 Å². The van der Waals surface area contributed by atoms with Gasteiger partial charge in [0.05, 0.1) is 10.6 Å². The monoisotopic (exact) mass is 685 g/mol. The molecule has 0 spiro atoms. The molecular formula is C34H34Cl3N3O4S. The normalized spacial score (nSPS) is 12.6. The van der Waals surface area contributed by atoms with E-state index in [4.69, 9.17) is 34.8 Å². The summed E-state index contributed by atoms with van der Waals surface area (Å²) in [6.45, 7) is 3.19. The number of carbonyl (C=O) groups is 2. The summed E-state index contributed by atoms with van der Waals surface area (Å²) in [5.41, 5.74) is 1.67. The zero-order valence-corrected chi connectivity index (χ0v) is 28.0. The van der Waals surface area contributed by atoms with Gasteiger partial charge in [0.15, 0.2) is 0 Å². The molecule has 7 nitrogen and oxygen atoms in total. The maximum atomic E-state index is 14.5. The first kappa shape index (κ1) is 34.3. The highest BCUT2D eigenvalue weighted by Gasteiger charge is 2.35. The van der Waals surface area contributed by atoms with Crippen LogP contribution in [0.2, 0.25) is 15.1 Å². The number of sulfonamides is 1. The number of halogens is 3. The number of nitrogens with one attached hydrogen (secondary N) is 1. The quantitative estimate of drug-likeness (QED) is 0.159. The standard InChI is InChI=1S/C34H34Cl3N3O4S/c1-3-24(2)38-34(42)32(20-25-10-6-4-7-11-25)39(22-26-14-15-28(36)21-31(26)37)33(41)23-40(29-12-8-5-9-13-29)45(43,44)30-18-16-27(35)17-19-30/h4-19,21,24,32H,3,20,22-23H2,1-2H3,(H,38,42). The van der Waals surface area contributed by atoms with E-state index in [-0.39, 0.29) is 35.5 Å². The topological polar surface area (TPSA) is 86.8 Å². The van der Waals surface area contributed by atoms with Gasteiger partial charge >= 0.3 is 0 Å². The number of anilines is 1. The number of para-hydroxylation sites is 1. The fraction of sp³-hybridized carbons (Fsp3) is 0.235. The highest BCUT2D eigenvalue weighted by Crippen LogP contribution is 2.27. The Morgan fingerprint density at radius 3 is 2.02 bits per heavy atom. The van der Waals surface area contributed by atoms with Crippen LogP contribution in [0.1, 0.15) is 31.4 Å². The van der Waals surface area contributed by atoms with Gasteiger partial charge in [-0.3, -0.25) is 13.9 Å². The van der Waals surface area contributed by atoms with Gasteiger partial charge in [0.25, 0.3) is 10.0 Å². The summed E-state index contributed by atoms with van der Waals surface area (Å²) in [7, 11) is -4.23. The van der Waals surface area contributed by atoms with Gasteiger partial charge < -0.3 is 10.2 Å². The maximum Gasteiger partial charge on any atom is 0.264 e. The first-order valence-electron chi connectivity index (χ1n) is 14.4. The van der Waals surface area contributed by atoms with Crippen LogP contribution in [0.5, 0.6) is 0 Å². The Hall–Kier alpha value is -3.56. The van der Waals surface area contributed by atoms with Gasteiger partial charge in [-0.2, -0.15) is 0 Å². The number of benzene rings is 4. The Kier molecular flexibility index (Phi) is 11.9. The van der Waals surface area contributed by atoms with Crippen molar-refractivity contribution in [3.8, 4) is 0 Å². The largest absolute Gasteiger partial charge is 0.352 e. The van der Waals surface area contributed by atoms with E-state index in [0.29, 0.717) is 27.1 Å². The van der Waals surface area contributed by atoms with Crippen LogP contribution >= 0.6 is 34.8 Å². The van der Waals surface area contributed by atoms with Gasteiger partial charge in [-0.15, -0.1) is 0 Å². The second-order valence-electron chi connectivity index (χ2n) is 10.6. The molecule has 0 saturated carbocycles. The molecule has 0 fully saturated rings. The molecule has 2 unspecified atom stereocenters. The van der Waals surface area contributed by atoms with Crippen LogP contribution in [0.4, 0.5) is 5.69 Å². The Morgan fingerprint density at radius 1 is 0.822 bits per heavy atom. The lowest BCUT2D eigenvalue weighted by Crippen LogP contribution is -2.54. The number of nitrogens with zero attached hydrogens (tertiary/aromatic N) is 2. The number of hydrogen-bond donors (Lipinski definition) is 1. The zero-order valence-electron chi connectivity index (χ0n) is 24.9. The number of rotatable bonds is 13. The van der Waals surface area contributed by atoms with Crippen molar-refractivity contribution in [3.05, 3.63) is 129 Å². The van der Waals surface area contributed by atoms with Crippen LogP contribution in [0.15, 0.2) is 108 Å². The van der Waals surface area contributed by atoms with Gasteiger partial charge in [0.1, 0.15) is 12.6 Å². The van der Waals surface area contributed by atoms with Gasteiger partial charge in [-0.05, 0) is 73.0 Å². The fourth-order valence-corrected chi connectivity index (χ4v) is 6.69. The molecule has 0 radical (unpaired) electrons. The van der Waals surface area contributed by atoms with Gasteiger partial charge in [-0.25, -0.2) is 8.42 Å². The predicted molar refractivity (Wildman–Crippen MR) is 181 cm³/mol. The van der Waals surface area contributed by atoms with E-state index in [2.05, 4.69) is 5.32 Å². The first-order valence-corrected chi connectivity index (χ1v) is 17.0. The van der Waals surface area contributed by atoms with Crippen LogP contribution in [-0.4, -0.2) is 43.8 Å². The summed E-state index contributed by atoms with van der Waals surface area (Å²) in [6.07, 6.45) is 0.872. The Bertz CT molecular complexity index is 1710. The molecule has 1 N–H and O–H groups in total. The molecular weight excluding hydrogens is 653 g/mol. The van der Waals surface area contributed by atoms with Crippen molar-refractivity contribution in [2.45, 2.75) is 50.2 Å². The third kappa shape index (κ3) is 9.01. The Morgan fingerprint density at radius 2 is 1.42 bits per heavy atom. The smallest absolute Gasteiger partial charge is 0.264 e. The number of amides is 2. The summed E-state index contributed by atoms with van der Waals surface area (Å²) in [6, 6.07) is 27.2. The lowest BCUT2D eigenvalue weighted by molar-refractivity contribution is -0.140.